The Morgan fingerprint density at radius 1 is 1.29 bits per heavy atom. The Morgan fingerprint density at radius 2 is 2.12 bits per heavy atom. The molecule has 2 nitrogen and oxygen atoms in total. The number of pyridine rings is 1. The first-order valence-electron chi connectivity index (χ1n) is 4.93. The van der Waals surface area contributed by atoms with Gasteiger partial charge in [-0.15, -0.1) is 11.8 Å². The van der Waals surface area contributed by atoms with Gasteiger partial charge >= 0.3 is 0 Å². The maximum atomic E-state index is 6.08. The number of aromatic nitrogens is 1. The lowest BCUT2D eigenvalue weighted by Gasteiger charge is -2.05. The predicted molar refractivity (Wildman–Crippen MR) is 77.4 cm³/mol. The molecule has 0 aliphatic carbocycles. The third-order valence-electron chi connectivity index (χ3n) is 2.12. The van der Waals surface area contributed by atoms with Gasteiger partial charge in [0.15, 0.2) is 0 Å². The van der Waals surface area contributed by atoms with Crippen LogP contribution in [0.2, 0.25) is 5.02 Å². The molecule has 0 unspecified atom stereocenters. The molecule has 1 aromatic heterocycles. The number of benzene rings is 1. The zero-order valence-corrected chi connectivity index (χ0v) is 12.0. The molecule has 1 heterocycles. The standard InChI is InChI=1S/C12H10BrClN2S/c13-8-1-3-10(16-6-8)7-17-12-5-9(15)2-4-11(12)14/h1-6H,7,15H2. The lowest BCUT2D eigenvalue weighted by molar-refractivity contribution is 1.16. The minimum atomic E-state index is 0.723. The van der Waals surface area contributed by atoms with Gasteiger partial charge in [-0.3, -0.25) is 4.98 Å². The van der Waals surface area contributed by atoms with Crippen molar-refractivity contribution in [3.8, 4) is 0 Å². The smallest absolute Gasteiger partial charge is 0.0543 e. The van der Waals surface area contributed by atoms with Crippen LogP contribution >= 0.6 is 39.3 Å². The molecule has 0 fully saturated rings. The number of nitrogens with two attached hydrogens (primary N) is 1. The van der Waals surface area contributed by atoms with Gasteiger partial charge in [0.2, 0.25) is 0 Å². The van der Waals surface area contributed by atoms with Crippen LogP contribution in [0.5, 0.6) is 0 Å². The summed E-state index contributed by atoms with van der Waals surface area (Å²) in [7, 11) is 0. The Hall–Kier alpha value is -0.710. The van der Waals surface area contributed by atoms with Gasteiger partial charge in [0.05, 0.1) is 10.7 Å². The van der Waals surface area contributed by atoms with E-state index in [4.69, 9.17) is 17.3 Å². The number of halogens is 2. The summed E-state index contributed by atoms with van der Waals surface area (Å²) in [6.45, 7) is 0. The first-order valence-corrected chi connectivity index (χ1v) is 7.09. The number of hydrogen-bond acceptors (Lipinski definition) is 3. The highest BCUT2D eigenvalue weighted by Crippen LogP contribution is 2.31. The molecule has 0 radical (unpaired) electrons. The van der Waals surface area contributed by atoms with Gasteiger partial charge in [0, 0.05) is 27.0 Å². The number of nitrogens with zero attached hydrogens (tertiary/aromatic N) is 1. The largest absolute Gasteiger partial charge is 0.399 e. The lowest BCUT2D eigenvalue weighted by Crippen LogP contribution is -1.88. The average Bonchev–Trinajstić information content (AvgIpc) is 2.32. The number of thioether (sulfide) groups is 1. The van der Waals surface area contributed by atoms with E-state index >= 15 is 0 Å². The van der Waals surface area contributed by atoms with Crippen molar-refractivity contribution < 1.29 is 0 Å². The molecule has 0 spiro atoms. The van der Waals surface area contributed by atoms with Crippen molar-refractivity contribution in [2.75, 3.05) is 5.73 Å². The fraction of sp³-hybridized carbons (Fsp3) is 0.0833. The van der Waals surface area contributed by atoms with Crippen LogP contribution in [0.15, 0.2) is 45.9 Å². The molecule has 0 saturated carbocycles. The Balaban J connectivity index is 2.07. The van der Waals surface area contributed by atoms with Crippen LogP contribution in [0.3, 0.4) is 0 Å². The first-order chi connectivity index (χ1) is 8.15. The van der Waals surface area contributed by atoms with Gasteiger partial charge in [-0.05, 0) is 46.3 Å². The molecule has 0 bridgehead atoms. The topological polar surface area (TPSA) is 38.9 Å². The molecule has 0 aliphatic rings. The maximum absolute atomic E-state index is 6.08. The third kappa shape index (κ3) is 3.63. The molecule has 2 N–H and O–H groups in total. The zero-order valence-electron chi connectivity index (χ0n) is 8.86. The molecule has 1 aromatic carbocycles. The summed E-state index contributed by atoms with van der Waals surface area (Å²) < 4.78 is 0.980. The van der Waals surface area contributed by atoms with Gasteiger partial charge < -0.3 is 5.73 Å². The summed E-state index contributed by atoms with van der Waals surface area (Å²) in [6.07, 6.45) is 1.79. The average molecular weight is 330 g/mol. The molecular formula is C12H10BrClN2S. The summed E-state index contributed by atoms with van der Waals surface area (Å²) in [5, 5.41) is 0.723. The second-order valence-electron chi connectivity index (χ2n) is 3.45. The molecule has 88 valence electrons. The second kappa shape index (κ2) is 5.76. The molecule has 17 heavy (non-hydrogen) atoms. The maximum Gasteiger partial charge on any atom is 0.0543 e. The quantitative estimate of drug-likeness (QED) is 0.671. The van der Waals surface area contributed by atoms with Crippen molar-refractivity contribution in [2.24, 2.45) is 0 Å². The number of nitrogen functional groups attached to an aromatic ring is 1. The highest BCUT2D eigenvalue weighted by atomic mass is 79.9. The molecule has 0 amide bonds. The summed E-state index contributed by atoms with van der Waals surface area (Å²) in [6, 6.07) is 9.45. The van der Waals surface area contributed by atoms with Gasteiger partial charge in [-0.2, -0.15) is 0 Å². The van der Waals surface area contributed by atoms with E-state index in [9.17, 15) is 0 Å². The van der Waals surface area contributed by atoms with E-state index in [-0.39, 0.29) is 0 Å². The highest BCUT2D eigenvalue weighted by Gasteiger charge is 2.03. The van der Waals surface area contributed by atoms with Crippen LogP contribution in [-0.2, 0) is 5.75 Å². The zero-order chi connectivity index (χ0) is 12.3. The van der Waals surface area contributed by atoms with Crippen molar-refractivity contribution in [1.29, 1.82) is 0 Å². The van der Waals surface area contributed by atoms with Gasteiger partial charge in [0.25, 0.3) is 0 Å². The minimum Gasteiger partial charge on any atom is -0.399 e. The van der Waals surface area contributed by atoms with Crippen molar-refractivity contribution in [3.63, 3.8) is 0 Å². The van der Waals surface area contributed by atoms with Crippen molar-refractivity contribution >= 4 is 45.0 Å². The van der Waals surface area contributed by atoms with Crippen molar-refractivity contribution in [1.82, 2.24) is 4.98 Å². The Labute approximate surface area is 118 Å². The summed E-state index contributed by atoms with van der Waals surface area (Å²) in [5.41, 5.74) is 7.46. The SMILES string of the molecule is Nc1ccc(Cl)c(SCc2ccc(Br)cn2)c1. The third-order valence-corrected chi connectivity index (χ3v) is 4.12. The monoisotopic (exact) mass is 328 g/mol. The van der Waals surface area contributed by atoms with Gasteiger partial charge in [-0.1, -0.05) is 11.6 Å². The number of rotatable bonds is 3. The van der Waals surface area contributed by atoms with Crippen LogP contribution in [0.1, 0.15) is 5.69 Å². The van der Waals surface area contributed by atoms with E-state index in [0.29, 0.717) is 0 Å². The molecule has 0 atom stereocenters. The summed E-state index contributed by atoms with van der Waals surface area (Å²) in [4.78, 5) is 5.29. The van der Waals surface area contributed by atoms with Crippen LogP contribution < -0.4 is 5.73 Å². The highest BCUT2D eigenvalue weighted by molar-refractivity contribution is 9.10. The minimum absolute atomic E-state index is 0.723. The molecule has 0 aliphatic heterocycles. The van der Waals surface area contributed by atoms with E-state index in [0.717, 1.165) is 31.5 Å². The van der Waals surface area contributed by atoms with Crippen LogP contribution in [0.25, 0.3) is 0 Å². The fourth-order valence-electron chi connectivity index (χ4n) is 1.27. The lowest BCUT2D eigenvalue weighted by atomic mass is 10.3. The van der Waals surface area contributed by atoms with E-state index < -0.39 is 0 Å². The van der Waals surface area contributed by atoms with Crippen LogP contribution in [0.4, 0.5) is 5.69 Å². The number of anilines is 1. The van der Waals surface area contributed by atoms with E-state index in [1.807, 2.05) is 24.3 Å². The summed E-state index contributed by atoms with van der Waals surface area (Å²) >= 11 is 11.1. The molecule has 5 heteroatoms. The first kappa shape index (κ1) is 12.7. The molecular weight excluding hydrogens is 320 g/mol. The Bertz CT molecular complexity index is 516. The van der Waals surface area contributed by atoms with Crippen LogP contribution in [-0.4, -0.2) is 4.98 Å². The fourth-order valence-corrected chi connectivity index (χ4v) is 2.69. The summed E-state index contributed by atoms with van der Waals surface area (Å²) in [5.74, 6) is 0.774. The van der Waals surface area contributed by atoms with E-state index in [1.54, 1.807) is 24.0 Å². The Morgan fingerprint density at radius 3 is 2.82 bits per heavy atom. The molecule has 2 rings (SSSR count). The van der Waals surface area contributed by atoms with E-state index in [1.165, 1.54) is 0 Å². The van der Waals surface area contributed by atoms with Crippen molar-refractivity contribution in [2.45, 2.75) is 10.6 Å². The number of hydrogen-bond donors (Lipinski definition) is 1. The van der Waals surface area contributed by atoms with Crippen LogP contribution in [0, 0.1) is 0 Å². The Kier molecular flexibility index (Phi) is 4.31. The molecule has 0 saturated heterocycles. The van der Waals surface area contributed by atoms with Gasteiger partial charge in [-0.25, -0.2) is 0 Å². The van der Waals surface area contributed by atoms with E-state index in [2.05, 4.69) is 20.9 Å². The second-order valence-corrected chi connectivity index (χ2v) is 5.79. The predicted octanol–water partition coefficient (Wildman–Crippen LogP) is 4.37. The van der Waals surface area contributed by atoms with Crippen molar-refractivity contribution in [3.05, 3.63) is 51.7 Å². The van der Waals surface area contributed by atoms with Gasteiger partial charge in [0.1, 0.15) is 0 Å². The normalized spacial score (nSPS) is 10.5. The molecule has 2 aromatic rings.